The van der Waals surface area contributed by atoms with Crippen LogP contribution in [0.25, 0.3) is 12.2 Å². The van der Waals surface area contributed by atoms with Gasteiger partial charge in [0.05, 0.1) is 26.4 Å². The van der Waals surface area contributed by atoms with Gasteiger partial charge in [0.25, 0.3) is 0 Å². The number of esters is 2. The van der Waals surface area contributed by atoms with Crippen LogP contribution in [-0.2, 0) is 19.1 Å². The van der Waals surface area contributed by atoms with Gasteiger partial charge in [0.1, 0.15) is 23.3 Å². The van der Waals surface area contributed by atoms with Crippen molar-refractivity contribution < 1.29 is 29.3 Å². The molecule has 0 radical (unpaired) electrons. The summed E-state index contributed by atoms with van der Waals surface area (Å²) in [4.78, 5) is 28.3. The molecule has 41 heavy (non-hydrogen) atoms. The first-order chi connectivity index (χ1) is 19.8. The van der Waals surface area contributed by atoms with Crippen LogP contribution >= 0.6 is 0 Å². The number of nitrogens with zero attached hydrogens (tertiary/aromatic N) is 4. The highest BCUT2D eigenvalue weighted by Crippen LogP contribution is 2.17. The van der Waals surface area contributed by atoms with Gasteiger partial charge in [-0.3, -0.25) is 0 Å². The summed E-state index contributed by atoms with van der Waals surface area (Å²) < 4.78 is 10.4. The molecule has 0 saturated heterocycles. The Hall–Kier alpha value is -4.64. The number of ether oxygens (including phenoxy) is 2. The van der Waals surface area contributed by atoms with E-state index in [0.717, 1.165) is 11.4 Å². The SMILES string of the molecule is CN(CCO)c1ccc(C=C(C#N)C(=O)OCCCCCOC(=O)C(C#N)=Cc2ccc(N(C)CCO)cc2)cc1. The highest BCUT2D eigenvalue weighted by molar-refractivity contribution is 5.98. The third-order valence-corrected chi connectivity index (χ3v) is 6.10. The van der Waals surface area contributed by atoms with Gasteiger partial charge in [-0.25, -0.2) is 9.59 Å². The second-order valence-electron chi connectivity index (χ2n) is 9.15. The summed E-state index contributed by atoms with van der Waals surface area (Å²) in [6.07, 6.45) is 4.57. The number of anilines is 2. The molecule has 0 atom stereocenters. The van der Waals surface area contributed by atoms with Crippen LogP contribution in [0.4, 0.5) is 11.4 Å². The maximum Gasteiger partial charge on any atom is 0.348 e. The molecule has 0 fully saturated rings. The van der Waals surface area contributed by atoms with Crippen molar-refractivity contribution in [2.75, 3.05) is 63.4 Å². The Morgan fingerprint density at radius 2 is 1.07 bits per heavy atom. The zero-order valence-corrected chi connectivity index (χ0v) is 23.5. The van der Waals surface area contributed by atoms with Crippen molar-refractivity contribution in [3.05, 3.63) is 70.8 Å². The van der Waals surface area contributed by atoms with Crippen LogP contribution in [-0.4, -0.2) is 75.8 Å². The second-order valence-corrected chi connectivity index (χ2v) is 9.15. The summed E-state index contributed by atoms with van der Waals surface area (Å²) in [6.45, 7) is 1.29. The zero-order chi connectivity index (χ0) is 30.0. The Morgan fingerprint density at radius 3 is 1.39 bits per heavy atom. The van der Waals surface area contributed by atoms with Crippen LogP contribution in [0.2, 0.25) is 0 Å². The maximum absolute atomic E-state index is 12.3. The number of benzene rings is 2. The van der Waals surface area contributed by atoms with Crippen LogP contribution in [0.15, 0.2) is 59.7 Å². The van der Waals surface area contributed by atoms with Gasteiger partial charge in [-0.05, 0) is 66.8 Å². The van der Waals surface area contributed by atoms with E-state index in [9.17, 15) is 20.1 Å². The summed E-state index contributed by atoms with van der Waals surface area (Å²) in [5.74, 6) is -1.42. The summed E-state index contributed by atoms with van der Waals surface area (Å²) in [5.41, 5.74) is 2.93. The molecule has 0 spiro atoms. The molecule has 2 aromatic rings. The summed E-state index contributed by atoms with van der Waals surface area (Å²) in [5, 5.41) is 36.8. The largest absolute Gasteiger partial charge is 0.462 e. The second kappa shape index (κ2) is 17.9. The predicted molar refractivity (Wildman–Crippen MR) is 157 cm³/mol. The Kier molecular flexibility index (Phi) is 14.2. The molecule has 2 N–H and O–H groups in total. The van der Waals surface area contributed by atoms with Crippen LogP contribution in [0.5, 0.6) is 0 Å². The minimum absolute atomic E-state index is 0.0369. The monoisotopic (exact) mass is 560 g/mol. The fraction of sp³-hybridized carbons (Fsp3) is 0.355. The fourth-order valence-electron chi connectivity index (χ4n) is 3.68. The van der Waals surface area contributed by atoms with Crippen molar-refractivity contribution in [2.24, 2.45) is 0 Å². The molecule has 10 nitrogen and oxygen atoms in total. The van der Waals surface area contributed by atoms with Crippen LogP contribution in [0.1, 0.15) is 30.4 Å². The fourth-order valence-corrected chi connectivity index (χ4v) is 3.68. The van der Waals surface area contributed by atoms with E-state index in [1.165, 1.54) is 12.2 Å². The molecular weight excluding hydrogens is 524 g/mol. The zero-order valence-electron chi connectivity index (χ0n) is 23.5. The number of rotatable bonds is 16. The maximum atomic E-state index is 12.3. The van der Waals surface area contributed by atoms with Gasteiger partial charge < -0.3 is 29.5 Å². The van der Waals surface area contributed by atoms with Gasteiger partial charge in [0.2, 0.25) is 0 Å². The van der Waals surface area contributed by atoms with E-state index in [0.29, 0.717) is 43.5 Å². The standard InChI is InChI=1S/C31H36N4O6/c1-34(14-16-36)28-10-6-24(7-11-28)20-26(22-32)30(38)40-18-4-3-5-19-41-31(39)27(23-33)21-25-8-12-29(13-9-25)35(2)15-17-37/h6-13,20-21,36-37H,3-5,14-19H2,1-2H3. The number of hydrogen-bond donors (Lipinski definition) is 2. The van der Waals surface area contributed by atoms with Crippen LogP contribution < -0.4 is 9.80 Å². The lowest BCUT2D eigenvalue weighted by molar-refractivity contribution is -0.138. The Balaban J connectivity index is 1.73. The molecule has 0 aliphatic heterocycles. The van der Waals surface area contributed by atoms with Gasteiger partial charge in [-0.2, -0.15) is 10.5 Å². The van der Waals surface area contributed by atoms with Gasteiger partial charge in [0, 0.05) is 38.6 Å². The van der Waals surface area contributed by atoms with E-state index in [1.54, 1.807) is 24.3 Å². The average molecular weight is 561 g/mol. The van der Waals surface area contributed by atoms with E-state index in [2.05, 4.69) is 0 Å². The number of aliphatic hydroxyl groups excluding tert-OH is 2. The third-order valence-electron chi connectivity index (χ3n) is 6.10. The van der Waals surface area contributed by atoms with E-state index in [-0.39, 0.29) is 37.6 Å². The van der Waals surface area contributed by atoms with Gasteiger partial charge in [-0.1, -0.05) is 24.3 Å². The molecule has 0 unspecified atom stereocenters. The van der Waals surface area contributed by atoms with E-state index in [4.69, 9.17) is 19.7 Å². The molecule has 0 aliphatic rings. The molecule has 216 valence electrons. The minimum atomic E-state index is -0.711. The first-order valence-electron chi connectivity index (χ1n) is 13.2. The topological polar surface area (TPSA) is 147 Å². The van der Waals surface area contributed by atoms with Crippen molar-refractivity contribution in [2.45, 2.75) is 19.3 Å². The van der Waals surface area contributed by atoms with E-state index in [1.807, 2.05) is 60.3 Å². The quantitative estimate of drug-likeness (QED) is 0.136. The van der Waals surface area contributed by atoms with Gasteiger partial charge in [0.15, 0.2) is 0 Å². The van der Waals surface area contributed by atoms with Crippen molar-refractivity contribution in [3.8, 4) is 12.1 Å². The Bertz CT molecular complexity index is 1170. The van der Waals surface area contributed by atoms with Gasteiger partial charge >= 0.3 is 11.9 Å². The lowest BCUT2D eigenvalue weighted by atomic mass is 10.1. The van der Waals surface area contributed by atoms with Crippen molar-refractivity contribution in [1.82, 2.24) is 0 Å². The molecule has 0 aliphatic carbocycles. The third kappa shape index (κ3) is 11.2. The first kappa shape index (κ1) is 32.6. The molecule has 0 amide bonds. The summed E-state index contributed by atoms with van der Waals surface area (Å²) in [6, 6.07) is 18.2. The number of carbonyl (C=O) groups excluding carboxylic acids is 2. The molecular formula is C31H36N4O6. The Labute approximate surface area is 240 Å². The Morgan fingerprint density at radius 1 is 0.707 bits per heavy atom. The van der Waals surface area contributed by atoms with Crippen molar-refractivity contribution in [3.63, 3.8) is 0 Å². The van der Waals surface area contributed by atoms with E-state index >= 15 is 0 Å². The summed E-state index contributed by atoms with van der Waals surface area (Å²) >= 11 is 0. The average Bonchev–Trinajstić information content (AvgIpc) is 2.98. The van der Waals surface area contributed by atoms with Crippen molar-refractivity contribution >= 4 is 35.5 Å². The number of carbonyl (C=O) groups is 2. The van der Waals surface area contributed by atoms with Crippen molar-refractivity contribution in [1.29, 1.82) is 10.5 Å². The number of hydrogen-bond acceptors (Lipinski definition) is 10. The number of unbranched alkanes of at least 4 members (excludes halogenated alkanes) is 2. The number of likely N-dealkylation sites (N-methyl/N-ethyl adjacent to an activating group) is 2. The lowest BCUT2D eigenvalue weighted by Gasteiger charge is -2.17. The minimum Gasteiger partial charge on any atom is -0.462 e. The highest BCUT2D eigenvalue weighted by atomic mass is 16.5. The molecule has 0 heterocycles. The van der Waals surface area contributed by atoms with Gasteiger partial charge in [-0.15, -0.1) is 0 Å². The first-order valence-corrected chi connectivity index (χ1v) is 13.2. The van der Waals surface area contributed by atoms with E-state index < -0.39 is 11.9 Å². The lowest BCUT2D eigenvalue weighted by Crippen LogP contribution is -2.20. The number of aliphatic hydroxyl groups is 2. The molecule has 0 aromatic heterocycles. The molecule has 2 rings (SSSR count). The summed E-state index contributed by atoms with van der Waals surface area (Å²) in [7, 11) is 3.71. The molecule has 0 saturated carbocycles. The molecule has 0 bridgehead atoms. The van der Waals surface area contributed by atoms with Crippen LogP contribution in [0.3, 0.4) is 0 Å². The smallest absolute Gasteiger partial charge is 0.348 e. The normalized spacial score (nSPS) is 11.3. The highest BCUT2D eigenvalue weighted by Gasteiger charge is 2.12. The molecule has 2 aromatic carbocycles. The molecule has 10 heteroatoms. The van der Waals surface area contributed by atoms with Crippen LogP contribution in [0, 0.1) is 22.7 Å². The number of nitriles is 2. The predicted octanol–water partition coefficient (Wildman–Crippen LogP) is 3.31.